The lowest BCUT2D eigenvalue weighted by Crippen LogP contribution is -2.38. The van der Waals surface area contributed by atoms with Crippen LogP contribution in [0.25, 0.3) is 0 Å². The Morgan fingerprint density at radius 1 is 1.30 bits per heavy atom. The molecule has 1 aromatic heterocycles. The van der Waals surface area contributed by atoms with Crippen LogP contribution in [0.3, 0.4) is 0 Å². The van der Waals surface area contributed by atoms with Crippen molar-refractivity contribution < 1.29 is 9.90 Å². The SMILES string of the molecule is Cc1cc(C)cc(C(=O)NCC(C)(O)c2ccsc2)c1. The average Bonchev–Trinajstić information content (AvgIpc) is 2.89. The molecule has 1 atom stereocenters. The second kappa shape index (κ2) is 5.77. The molecular formula is C16H19NO2S. The molecule has 0 radical (unpaired) electrons. The van der Waals surface area contributed by atoms with Gasteiger partial charge >= 0.3 is 0 Å². The number of hydrogen-bond donors (Lipinski definition) is 2. The minimum absolute atomic E-state index is 0.160. The topological polar surface area (TPSA) is 49.3 Å². The van der Waals surface area contributed by atoms with Crippen molar-refractivity contribution in [3.05, 3.63) is 57.3 Å². The lowest BCUT2D eigenvalue weighted by atomic mass is 9.99. The molecule has 106 valence electrons. The van der Waals surface area contributed by atoms with E-state index in [0.717, 1.165) is 16.7 Å². The predicted molar refractivity (Wildman–Crippen MR) is 82.1 cm³/mol. The Bertz CT molecular complexity index is 583. The first kappa shape index (κ1) is 14.8. The van der Waals surface area contributed by atoms with Crippen molar-refractivity contribution in [1.29, 1.82) is 0 Å². The van der Waals surface area contributed by atoms with Crippen LogP contribution in [0.15, 0.2) is 35.0 Å². The van der Waals surface area contributed by atoms with Gasteiger partial charge in [0.05, 0.1) is 6.54 Å². The third-order valence-corrected chi connectivity index (χ3v) is 3.90. The van der Waals surface area contributed by atoms with Crippen LogP contribution in [-0.2, 0) is 5.60 Å². The largest absolute Gasteiger partial charge is 0.384 e. The monoisotopic (exact) mass is 289 g/mol. The fourth-order valence-electron chi connectivity index (χ4n) is 2.13. The van der Waals surface area contributed by atoms with E-state index in [9.17, 15) is 9.90 Å². The lowest BCUT2D eigenvalue weighted by Gasteiger charge is -2.22. The first-order valence-electron chi connectivity index (χ1n) is 6.50. The number of benzene rings is 1. The highest BCUT2D eigenvalue weighted by atomic mass is 32.1. The minimum atomic E-state index is -1.05. The summed E-state index contributed by atoms with van der Waals surface area (Å²) in [5.74, 6) is -0.160. The third-order valence-electron chi connectivity index (χ3n) is 3.22. The Hall–Kier alpha value is -1.65. The van der Waals surface area contributed by atoms with Crippen LogP contribution < -0.4 is 5.32 Å². The Labute approximate surface area is 123 Å². The highest BCUT2D eigenvalue weighted by Gasteiger charge is 2.24. The number of aliphatic hydroxyl groups is 1. The van der Waals surface area contributed by atoms with Crippen LogP contribution in [0, 0.1) is 13.8 Å². The smallest absolute Gasteiger partial charge is 0.251 e. The van der Waals surface area contributed by atoms with E-state index in [0.29, 0.717) is 5.56 Å². The lowest BCUT2D eigenvalue weighted by molar-refractivity contribution is 0.0530. The van der Waals surface area contributed by atoms with Gasteiger partial charge in [-0.05, 0) is 55.3 Å². The van der Waals surface area contributed by atoms with E-state index in [-0.39, 0.29) is 12.5 Å². The maximum absolute atomic E-state index is 12.1. The van der Waals surface area contributed by atoms with Crippen LogP contribution in [0.5, 0.6) is 0 Å². The quantitative estimate of drug-likeness (QED) is 0.909. The van der Waals surface area contributed by atoms with E-state index >= 15 is 0 Å². The van der Waals surface area contributed by atoms with Gasteiger partial charge in [-0.2, -0.15) is 11.3 Å². The molecule has 0 bridgehead atoms. The molecule has 3 nitrogen and oxygen atoms in total. The maximum Gasteiger partial charge on any atom is 0.251 e. The van der Waals surface area contributed by atoms with Gasteiger partial charge in [0.15, 0.2) is 0 Å². The average molecular weight is 289 g/mol. The van der Waals surface area contributed by atoms with Crippen molar-refractivity contribution in [1.82, 2.24) is 5.32 Å². The third kappa shape index (κ3) is 3.46. The van der Waals surface area contributed by atoms with E-state index in [1.807, 2.05) is 48.9 Å². The van der Waals surface area contributed by atoms with Gasteiger partial charge in [0, 0.05) is 5.56 Å². The van der Waals surface area contributed by atoms with Gasteiger partial charge in [-0.1, -0.05) is 17.2 Å². The van der Waals surface area contributed by atoms with Gasteiger partial charge < -0.3 is 10.4 Å². The molecule has 1 aromatic carbocycles. The zero-order valence-corrected chi connectivity index (χ0v) is 12.8. The molecular weight excluding hydrogens is 270 g/mol. The summed E-state index contributed by atoms with van der Waals surface area (Å²) in [5, 5.41) is 17.0. The normalized spacial score (nSPS) is 13.8. The van der Waals surface area contributed by atoms with E-state index in [2.05, 4.69) is 5.32 Å². The molecule has 1 unspecified atom stereocenters. The highest BCUT2D eigenvalue weighted by Crippen LogP contribution is 2.22. The van der Waals surface area contributed by atoms with Gasteiger partial charge in [-0.3, -0.25) is 4.79 Å². The molecule has 2 N–H and O–H groups in total. The molecule has 2 rings (SSSR count). The summed E-state index contributed by atoms with van der Waals surface area (Å²) in [6, 6.07) is 7.59. The number of carbonyl (C=O) groups is 1. The maximum atomic E-state index is 12.1. The zero-order chi connectivity index (χ0) is 14.8. The summed E-state index contributed by atoms with van der Waals surface area (Å²) in [7, 11) is 0. The van der Waals surface area contributed by atoms with E-state index in [1.165, 1.54) is 11.3 Å². The van der Waals surface area contributed by atoms with Gasteiger partial charge in [0.1, 0.15) is 5.60 Å². The predicted octanol–water partition coefficient (Wildman–Crippen LogP) is 3.00. The Morgan fingerprint density at radius 2 is 1.95 bits per heavy atom. The molecule has 0 saturated heterocycles. The molecule has 4 heteroatoms. The van der Waals surface area contributed by atoms with Crippen LogP contribution in [-0.4, -0.2) is 17.6 Å². The van der Waals surface area contributed by atoms with Crippen LogP contribution in [0.4, 0.5) is 0 Å². The summed E-state index contributed by atoms with van der Waals surface area (Å²) >= 11 is 1.53. The van der Waals surface area contributed by atoms with Gasteiger partial charge in [-0.15, -0.1) is 0 Å². The van der Waals surface area contributed by atoms with Gasteiger partial charge in [0.25, 0.3) is 5.91 Å². The number of amides is 1. The molecule has 0 saturated carbocycles. The van der Waals surface area contributed by atoms with Crippen molar-refractivity contribution in [2.75, 3.05) is 6.54 Å². The number of aryl methyl sites for hydroxylation is 2. The van der Waals surface area contributed by atoms with Gasteiger partial charge in [-0.25, -0.2) is 0 Å². The van der Waals surface area contributed by atoms with Crippen LogP contribution in [0.2, 0.25) is 0 Å². The fraction of sp³-hybridized carbons (Fsp3) is 0.312. The molecule has 0 aliphatic rings. The Kier molecular flexibility index (Phi) is 4.26. The van der Waals surface area contributed by atoms with Crippen LogP contribution in [0.1, 0.15) is 34.0 Å². The fourth-order valence-corrected chi connectivity index (χ4v) is 2.92. The van der Waals surface area contributed by atoms with E-state index < -0.39 is 5.60 Å². The van der Waals surface area contributed by atoms with Gasteiger partial charge in [0.2, 0.25) is 0 Å². The summed E-state index contributed by atoms with van der Waals surface area (Å²) in [6.45, 7) is 5.82. The van der Waals surface area contributed by atoms with E-state index in [1.54, 1.807) is 6.92 Å². The number of thiophene rings is 1. The zero-order valence-electron chi connectivity index (χ0n) is 11.9. The van der Waals surface area contributed by atoms with Crippen molar-refractivity contribution in [3.63, 3.8) is 0 Å². The molecule has 2 aromatic rings. The van der Waals surface area contributed by atoms with Crippen molar-refractivity contribution in [2.24, 2.45) is 0 Å². The molecule has 1 heterocycles. The first-order valence-corrected chi connectivity index (χ1v) is 7.44. The molecule has 1 amide bonds. The number of nitrogens with one attached hydrogen (secondary N) is 1. The second-order valence-corrected chi connectivity index (χ2v) is 6.12. The minimum Gasteiger partial charge on any atom is -0.384 e. The number of hydrogen-bond acceptors (Lipinski definition) is 3. The molecule has 20 heavy (non-hydrogen) atoms. The summed E-state index contributed by atoms with van der Waals surface area (Å²) < 4.78 is 0. The van der Waals surface area contributed by atoms with E-state index in [4.69, 9.17) is 0 Å². The molecule has 0 aliphatic carbocycles. The molecule has 0 aliphatic heterocycles. The molecule has 0 fully saturated rings. The number of carbonyl (C=O) groups excluding carboxylic acids is 1. The summed E-state index contributed by atoms with van der Waals surface area (Å²) in [4.78, 5) is 12.1. The van der Waals surface area contributed by atoms with Crippen molar-refractivity contribution in [3.8, 4) is 0 Å². The number of rotatable bonds is 4. The highest BCUT2D eigenvalue weighted by molar-refractivity contribution is 7.08. The standard InChI is InChI=1S/C16H19NO2S/c1-11-6-12(2)8-13(7-11)15(18)17-10-16(3,19)14-4-5-20-9-14/h4-9,19H,10H2,1-3H3,(H,17,18). The Morgan fingerprint density at radius 3 is 2.50 bits per heavy atom. The van der Waals surface area contributed by atoms with Crippen LogP contribution >= 0.6 is 11.3 Å². The Balaban J connectivity index is 2.05. The molecule has 0 spiro atoms. The summed E-state index contributed by atoms with van der Waals surface area (Å²) in [5.41, 5.74) is 2.51. The van der Waals surface area contributed by atoms with Crippen molar-refractivity contribution in [2.45, 2.75) is 26.4 Å². The second-order valence-electron chi connectivity index (χ2n) is 5.34. The first-order chi connectivity index (χ1) is 9.38. The summed E-state index contributed by atoms with van der Waals surface area (Å²) in [6.07, 6.45) is 0. The van der Waals surface area contributed by atoms with Crippen molar-refractivity contribution >= 4 is 17.2 Å².